The van der Waals surface area contributed by atoms with Gasteiger partial charge in [-0.1, -0.05) is 0 Å². The van der Waals surface area contributed by atoms with E-state index in [9.17, 15) is 9.18 Å². The molecule has 1 aliphatic heterocycles. The summed E-state index contributed by atoms with van der Waals surface area (Å²) in [5.74, 6) is -0.304. The molecule has 114 valence electrons. The van der Waals surface area contributed by atoms with Crippen molar-refractivity contribution in [2.45, 2.75) is 12.8 Å². The zero-order valence-corrected chi connectivity index (χ0v) is 12.1. The molecule has 0 radical (unpaired) electrons. The second-order valence-corrected chi connectivity index (χ2v) is 5.29. The van der Waals surface area contributed by atoms with Gasteiger partial charge in [-0.05, 0) is 43.2 Å². The smallest absolute Gasteiger partial charge is 0.321 e. The molecule has 22 heavy (non-hydrogen) atoms. The van der Waals surface area contributed by atoms with Gasteiger partial charge >= 0.3 is 6.03 Å². The van der Waals surface area contributed by atoms with Crippen LogP contribution in [0.25, 0.3) is 11.3 Å². The number of carbonyl (C=O) groups excluding carboxylic acids is 1. The normalized spacial score (nSPS) is 14.1. The van der Waals surface area contributed by atoms with E-state index in [1.54, 1.807) is 23.1 Å². The van der Waals surface area contributed by atoms with Crippen molar-refractivity contribution >= 4 is 17.4 Å². The number of likely N-dealkylation sites (tertiary alicyclic amines) is 1. The third kappa shape index (κ3) is 3.00. The lowest BCUT2D eigenvalue weighted by molar-refractivity contribution is 0.222. The van der Waals surface area contributed by atoms with Gasteiger partial charge in [0, 0.05) is 18.7 Å². The Morgan fingerprint density at radius 2 is 1.91 bits per heavy atom. The highest BCUT2D eigenvalue weighted by Crippen LogP contribution is 2.25. The van der Waals surface area contributed by atoms with Crippen LogP contribution in [-0.4, -0.2) is 29.0 Å². The van der Waals surface area contributed by atoms with Crippen LogP contribution in [0.5, 0.6) is 0 Å². The maximum atomic E-state index is 13.0. The fourth-order valence-corrected chi connectivity index (χ4v) is 2.47. The number of urea groups is 1. The lowest BCUT2D eigenvalue weighted by Gasteiger charge is -2.17. The van der Waals surface area contributed by atoms with Crippen molar-refractivity contribution in [1.82, 2.24) is 9.88 Å². The Morgan fingerprint density at radius 1 is 1.23 bits per heavy atom. The Labute approximate surface area is 128 Å². The van der Waals surface area contributed by atoms with Crippen LogP contribution in [0.4, 0.5) is 20.6 Å². The van der Waals surface area contributed by atoms with Gasteiger partial charge in [0.1, 0.15) is 5.82 Å². The van der Waals surface area contributed by atoms with Crippen LogP contribution in [0.15, 0.2) is 36.5 Å². The van der Waals surface area contributed by atoms with Gasteiger partial charge < -0.3 is 16.0 Å². The number of nitrogens with two attached hydrogens (primary N) is 1. The number of nitrogen functional groups attached to an aromatic ring is 1. The number of anilines is 2. The molecule has 0 unspecified atom stereocenters. The van der Waals surface area contributed by atoms with E-state index in [2.05, 4.69) is 10.3 Å². The fourth-order valence-electron chi connectivity index (χ4n) is 2.47. The Hall–Kier alpha value is -2.63. The van der Waals surface area contributed by atoms with Gasteiger partial charge in [0.25, 0.3) is 0 Å². The molecule has 1 fully saturated rings. The average Bonchev–Trinajstić information content (AvgIpc) is 3.05. The van der Waals surface area contributed by atoms with Crippen LogP contribution >= 0.6 is 0 Å². The second-order valence-electron chi connectivity index (χ2n) is 5.29. The fraction of sp³-hybridized carbons (Fsp3) is 0.250. The van der Waals surface area contributed by atoms with Gasteiger partial charge in [-0.15, -0.1) is 0 Å². The molecule has 1 saturated heterocycles. The molecule has 0 aliphatic carbocycles. The SMILES string of the molecule is Nc1cnc(-c2ccc(F)cc2)cc1NC(=O)N1CCCC1. The third-order valence-electron chi connectivity index (χ3n) is 3.71. The minimum absolute atomic E-state index is 0.152. The maximum Gasteiger partial charge on any atom is 0.321 e. The highest BCUT2D eigenvalue weighted by atomic mass is 19.1. The Balaban J connectivity index is 1.83. The van der Waals surface area contributed by atoms with Crippen molar-refractivity contribution in [1.29, 1.82) is 0 Å². The van der Waals surface area contributed by atoms with Crippen molar-refractivity contribution in [2.75, 3.05) is 24.1 Å². The van der Waals surface area contributed by atoms with Crippen LogP contribution in [0, 0.1) is 5.82 Å². The molecule has 3 rings (SSSR count). The molecule has 0 spiro atoms. The third-order valence-corrected chi connectivity index (χ3v) is 3.71. The standard InChI is InChI=1S/C16H17FN4O/c17-12-5-3-11(4-6-12)14-9-15(13(18)10-19-14)20-16(22)21-7-1-2-8-21/h3-6,9-10H,1-2,7-8,18H2,(H,19,20,22). The van der Waals surface area contributed by atoms with E-state index in [1.807, 2.05) is 0 Å². The van der Waals surface area contributed by atoms with E-state index < -0.39 is 0 Å². The molecule has 2 aromatic rings. The van der Waals surface area contributed by atoms with Crippen LogP contribution < -0.4 is 11.1 Å². The molecular formula is C16H17FN4O. The zero-order valence-electron chi connectivity index (χ0n) is 12.1. The summed E-state index contributed by atoms with van der Waals surface area (Å²) in [5.41, 5.74) is 8.20. The van der Waals surface area contributed by atoms with Crippen LogP contribution in [0.2, 0.25) is 0 Å². The molecule has 2 amide bonds. The number of nitrogens with one attached hydrogen (secondary N) is 1. The van der Waals surface area contributed by atoms with Gasteiger partial charge in [0.15, 0.2) is 0 Å². The van der Waals surface area contributed by atoms with E-state index in [4.69, 9.17) is 5.73 Å². The lowest BCUT2D eigenvalue weighted by Crippen LogP contribution is -2.32. The quantitative estimate of drug-likeness (QED) is 0.895. The van der Waals surface area contributed by atoms with E-state index in [-0.39, 0.29) is 11.8 Å². The average molecular weight is 300 g/mol. The molecule has 1 aromatic heterocycles. The van der Waals surface area contributed by atoms with Crippen molar-refractivity contribution in [3.8, 4) is 11.3 Å². The Morgan fingerprint density at radius 3 is 2.59 bits per heavy atom. The molecule has 6 heteroatoms. The molecule has 1 aromatic carbocycles. The predicted molar refractivity (Wildman–Crippen MR) is 83.9 cm³/mol. The summed E-state index contributed by atoms with van der Waals surface area (Å²) in [6.45, 7) is 1.53. The zero-order chi connectivity index (χ0) is 15.5. The summed E-state index contributed by atoms with van der Waals surface area (Å²) in [4.78, 5) is 18.1. The number of benzene rings is 1. The number of rotatable bonds is 2. The van der Waals surface area contributed by atoms with E-state index >= 15 is 0 Å². The second kappa shape index (κ2) is 6.01. The van der Waals surface area contributed by atoms with Gasteiger partial charge in [0.05, 0.1) is 23.3 Å². The number of carbonyl (C=O) groups is 1. The van der Waals surface area contributed by atoms with Crippen LogP contribution in [-0.2, 0) is 0 Å². The molecule has 0 saturated carbocycles. The monoisotopic (exact) mass is 300 g/mol. The highest BCUT2D eigenvalue weighted by molar-refractivity contribution is 5.93. The Kier molecular flexibility index (Phi) is 3.91. The number of hydrogen-bond acceptors (Lipinski definition) is 3. The van der Waals surface area contributed by atoms with Gasteiger partial charge in [-0.2, -0.15) is 0 Å². The number of aromatic nitrogens is 1. The van der Waals surface area contributed by atoms with Gasteiger partial charge in [-0.25, -0.2) is 9.18 Å². The minimum atomic E-state index is -0.304. The van der Waals surface area contributed by atoms with Gasteiger partial charge in [0.2, 0.25) is 0 Å². The predicted octanol–water partition coefficient (Wildman–Crippen LogP) is 3.10. The van der Waals surface area contributed by atoms with Crippen molar-refractivity contribution in [3.63, 3.8) is 0 Å². The first-order valence-corrected chi connectivity index (χ1v) is 7.21. The number of hydrogen-bond donors (Lipinski definition) is 2. The largest absolute Gasteiger partial charge is 0.396 e. The van der Waals surface area contributed by atoms with E-state index in [1.165, 1.54) is 18.3 Å². The number of pyridine rings is 1. The molecule has 3 N–H and O–H groups in total. The molecule has 0 atom stereocenters. The summed E-state index contributed by atoms with van der Waals surface area (Å²) in [6.07, 6.45) is 3.55. The summed E-state index contributed by atoms with van der Waals surface area (Å²) in [7, 11) is 0. The summed E-state index contributed by atoms with van der Waals surface area (Å²) in [6, 6.07) is 7.57. The molecule has 1 aliphatic rings. The summed E-state index contributed by atoms with van der Waals surface area (Å²) in [5, 5.41) is 2.82. The first kappa shape index (κ1) is 14.3. The number of halogens is 1. The lowest BCUT2D eigenvalue weighted by atomic mass is 10.1. The first-order valence-electron chi connectivity index (χ1n) is 7.21. The molecule has 5 nitrogen and oxygen atoms in total. The highest BCUT2D eigenvalue weighted by Gasteiger charge is 2.18. The molecule has 0 bridgehead atoms. The van der Waals surface area contributed by atoms with Crippen molar-refractivity contribution in [3.05, 3.63) is 42.3 Å². The number of amides is 2. The molecule has 2 heterocycles. The minimum Gasteiger partial charge on any atom is -0.396 e. The first-order chi connectivity index (χ1) is 10.6. The van der Waals surface area contributed by atoms with Crippen LogP contribution in [0.3, 0.4) is 0 Å². The summed E-state index contributed by atoms with van der Waals surface area (Å²) < 4.78 is 13.0. The van der Waals surface area contributed by atoms with Crippen molar-refractivity contribution in [2.24, 2.45) is 0 Å². The van der Waals surface area contributed by atoms with E-state index in [0.717, 1.165) is 31.5 Å². The van der Waals surface area contributed by atoms with Crippen LogP contribution in [0.1, 0.15) is 12.8 Å². The molecular weight excluding hydrogens is 283 g/mol. The Bertz CT molecular complexity index is 681. The van der Waals surface area contributed by atoms with E-state index in [0.29, 0.717) is 17.1 Å². The topological polar surface area (TPSA) is 71.2 Å². The number of nitrogens with zero attached hydrogens (tertiary/aromatic N) is 2. The van der Waals surface area contributed by atoms with Gasteiger partial charge in [-0.3, -0.25) is 4.98 Å². The maximum absolute atomic E-state index is 13.0. The summed E-state index contributed by atoms with van der Waals surface area (Å²) >= 11 is 0. The van der Waals surface area contributed by atoms with Crippen molar-refractivity contribution < 1.29 is 9.18 Å².